The molecular formula is C13H15ClN4OS3. The highest BCUT2D eigenvalue weighted by Crippen LogP contribution is 2.23. The lowest BCUT2D eigenvalue weighted by Gasteiger charge is -2.04. The van der Waals surface area contributed by atoms with Crippen LogP contribution in [0.1, 0.15) is 5.56 Å². The topological polar surface area (TPSA) is 80.9 Å². The van der Waals surface area contributed by atoms with Gasteiger partial charge in [-0.2, -0.15) is 11.8 Å². The summed E-state index contributed by atoms with van der Waals surface area (Å²) in [6.07, 6.45) is 0. The molecule has 22 heavy (non-hydrogen) atoms. The number of aromatic nitrogens is 2. The van der Waals surface area contributed by atoms with Crippen molar-refractivity contribution in [2.45, 2.75) is 10.1 Å². The average Bonchev–Trinajstić information content (AvgIpc) is 2.92. The van der Waals surface area contributed by atoms with E-state index in [1.807, 2.05) is 24.3 Å². The first kappa shape index (κ1) is 17.4. The lowest BCUT2D eigenvalue weighted by molar-refractivity contribution is -0.118. The van der Waals surface area contributed by atoms with Crippen molar-refractivity contribution in [2.24, 2.45) is 0 Å². The largest absolute Gasteiger partial charge is 0.374 e. The maximum absolute atomic E-state index is 11.7. The second-order valence-corrected chi connectivity index (χ2v) is 8.00. The van der Waals surface area contributed by atoms with E-state index in [0.717, 1.165) is 16.5 Å². The summed E-state index contributed by atoms with van der Waals surface area (Å²) < 4.78 is 0.713. The molecule has 0 atom stereocenters. The number of halogens is 1. The summed E-state index contributed by atoms with van der Waals surface area (Å²) in [4.78, 5) is 11.7. The Labute approximate surface area is 146 Å². The fraction of sp³-hybridized carbons (Fsp3) is 0.308. The van der Waals surface area contributed by atoms with Crippen LogP contribution in [0.3, 0.4) is 0 Å². The van der Waals surface area contributed by atoms with E-state index in [0.29, 0.717) is 21.8 Å². The molecule has 5 nitrogen and oxygen atoms in total. The molecule has 0 aliphatic rings. The number of anilines is 1. The van der Waals surface area contributed by atoms with Crippen molar-refractivity contribution in [1.82, 2.24) is 15.5 Å². The molecule has 1 amide bonds. The van der Waals surface area contributed by atoms with Gasteiger partial charge >= 0.3 is 0 Å². The fourth-order valence-electron chi connectivity index (χ4n) is 1.49. The number of nitrogen functional groups attached to an aromatic ring is 1. The number of nitrogens with two attached hydrogens (primary N) is 1. The van der Waals surface area contributed by atoms with Crippen LogP contribution in [0.15, 0.2) is 28.6 Å². The standard InChI is InChI=1S/C13H15ClN4OS3/c14-10-3-1-9(2-4-10)7-20-6-5-16-11(19)8-21-13-18-17-12(15)22-13/h1-4H,5-8H2,(H2,15,17)(H,16,19). The second-order valence-electron chi connectivity index (χ2n) is 4.22. The molecule has 2 aromatic rings. The third-order valence-electron chi connectivity index (χ3n) is 2.50. The summed E-state index contributed by atoms with van der Waals surface area (Å²) >= 11 is 10.2. The molecule has 0 bridgehead atoms. The Hall–Kier alpha value is -0.960. The van der Waals surface area contributed by atoms with E-state index in [1.165, 1.54) is 28.7 Å². The number of amides is 1. The first-order valence-corrected chi connectivity index (χ1v) is 9.77. The van der Waals surface area contributed by atoms with Crippen LogP contribution >= 0.6 is 46.5 Å². The average molecular weight is 375 g/mol. The molecule has 0 saturated carbocycles. The number of thioether (sulfide) groups is 2. The highest BCUT2D eigenvalue weighted by molar-refractivity contribution is 8.01. The third-order valence-corrected chi connectivity index (χ3v) is 5.67. The Morgan fingerprint density at radius 1 is 1.32 bits per heavy atom. The van der Waals surface area contributed by atoms with Crippen molar-refractivity contribution < 1.29 is 4.79 Å². The SMILES string of the molecule is Nc1nnc(SCC(=O)NCCSCc2ccc(Cl)cc2)s1. The number of carbonyl (C=O) groups excluding carboxylic acids is 1. The van der Waals surface area contributed by atoms with Gasteiger partial charge in [0.15, 0.2) is 4.34 Å². The summed E-state index contributed by atoms with van der Waals surface area (Å²) in [6.45, 7) is 0.649. The van der Waals surface area contributed by atoms with Crippen LogP contribution in [0, 0.1) is 0 Å². The van der Waals surface area contributed by atoms with Crippen molar-refractivity contribution in [1.29, 1.82) is 0 Å². The molecule has 0 saturated heterocycles. The maximum Gasteiger partial charge on any atom is 0.230 e. The lowest BCUT2D eigenvalue weighted by Crippen LogP contribution is -2.27. The quantitative estimate of drug-likeness (QED) is 0.546. The summed E-state index contributed by atoms with van der Waals surface area (Å²) in [5.41, 5.74) is 6.70. The molecule has 1 aromatic heterocycles. The van der Waals surface area contributed by atoms with Crippen LogP contribution in [-0.4, -0.2) is 34.2 Å². The Kier molecular flexibility index (Phi) is 7.31. The Balaban J connectivity index is 1.54. The van der Waals surface area contributed by atoms with Gasteiger partial charge in [0.25, 0.3) is 0 Å². The van der Waals surface area contributed by atoms with E-state index in [-0.39, 0.29) is 5.91 Å². The van der Waals surface area contributed by atoms with Gasteiger partial charge in [0.2, 0.25) is 11.0 Å². The molecular weight excluding hydrogens is 360 g/mol. The van der Waals surface area contributed by atoms with Gasteiger partial charge in [-0.1, -0.05) is 46.8 Å². The molecule has 0 aliphatic carbocycles. The lowest BCUT2D eigenvalue weighted by atomic mass is 10.2. The molecule has 118 valence electrons. The van der Waals surface area contributed by atoms with Gasteiger partial charge in [-0.3, -0.25) is 4.79 Å². The molecule has 0 aliphatic heterocycles. The molecule has 2 rings (SSSR count). The normalized spacial score (nSPS) is 10.6. The zero-order valence-corrected chi connectivity index (χ0v) is 14.8. The number of rotatable bonds is 8. The Bertz CT molecular complexity index is 606. The summed E-state index contributed by atoms with van der Waals surface area (Å²) in [7, 11) is 0. The monoisotopic (exact) mass is 374 g/mol. The fourth-order valence-corrected chi connectivity index (χ4v) is 3.90. The minimum atomic E-state index is -0.00846. The number of nitrogens with one attached hydrogen (secondary N) is 1. The van der Waals surface area contributed by atoms with Crippen LogP contribution in [0.25, 0.3) is 0 Å². The van der Waals surface area contributed by atoms with Crippen LogP contribution < -0.4 is 11.1 Å². The van der Waals surface area contributed by atoms with Crippen molar-refractivity contribution in [3.05, 3.63) is 34.9 Å². The van der Waals surface area contributed by atoms with E-state index in [9.17, 15) is 4.79 Å². The van der Waals surface area contributed by atoms with E-state index >= 15 is 0 Å². The van der Waals surface area contributed by atoms with Crippen LogP contribution in [0.5, 0.6) is 0 Å². The highest BCUT2D eigenvalue weighted by atomic mass is 35.5. The smallest absolute Gasteiger partial charge is 0.230 e. The number of nitrogens with zero attached hydrogens (tertiary/aromatic N) is 2. The maximum atomic E-state index is 11.7. The van der Waals surface area contributed by atoms with Crippen molar-refractivity contribution in [2.75, 3.05) is 23.8 Å². The van der Waals surface area contributed by atoms with Gasteiger partial charge in [0.1, 0.15) is 0 Å². The van der Waals surface area contributed by atoms with Crippen LogP contribution in [0.2, 0.25) is 5.02 Å². The first-order valence-electron chi connectivity index (χ1n) is 6.44. The highest BCUT2D eigenvalue weighted by Gasteiger charge is 2.06. The summed E-state index contributed by atoms with van der Waals surface area (Å²) in [5, 5.41) is 11.6. The van der Waals surface area contributed by atoms with E-state index in [1.54, 1.807) is 11.8 Å². The Morgan fingerprint density at radius 2 is 2.09 bits per heavy atom. The van der Waals surface area contributed by atoms with Crippen LogP contribution in [0.4, 0.5) is 5.13 Å². The summed E-state index contributed by atoms with van der Waals surface area (Å²) in [5.74, 6) is 2.10. The number of benzene rings is 1. The van der Waals surface area contributed by atoms with Crippen LogP contribution in [-0.2, 0) is 10.5 Å². The number of carbonyl (C=O) groups is 1. The number of hydrogen-bond acceptors (Lipinski definition) is 7. The molecule has 0 radical (unpaired) electrons. The minimum Gasteiger partial charge on any atom is -0.374 e. The first-order chi connectivity index (χ1) is 10.6. The van der Waals surface area contributed by atoms with Gasteiger partial charge in [-0.15, -0.1) is 10.2 Å². The van der Waals surface area contributed by atoms with Gasteiger partial charge in [0.05, 0.1) is 5.75 Å². The minimum absolute atomic E-state index is 0.00846. The molecule has 0 fully saturated rings. The van der Waals surface area contributed by atoms with E-state index in [2.05, 4.69) is 15.5 Å². The molecule has 1 aromatic carbocycles. The summed E-state index contributed by atoms with van der Waals surface area (Å²) in [6, 6.07) is 7.80. The number of hydrogen-bond donors (Lipinski definition) is 2. The molecule has 0 unspecified atom stereocenters. The predicted octanol–water partition coefficient (Wildman–Crippen LogP) is 2.92. The van der Waals surface area contributed by atoms with Gasteiger partial charge in [0, 0.05) is 23.1 Å². The van der Waals surface area contributed by atoms with Gasteiger partial charge in [-0.05, 0) is 17.7 Å². The second kappa shape index (κ2) is 9.24. The van der Waals surface area contributed by atoms with Crippen molar-refractivity contribution >= 4 is 57.5 Å². The zero-order chi connectivity index (χ0) is 15.8. The van der Waals surface area contributed by atoms with E-state index < -0.39 is 0 Å². The molecule has 3 N–H and O–H groups in total. The van der Waals surface area contributed by atoms with Gasteiger partial charge in [-0.25, -0.2) is 0 Å². The Morgan fingerprint density at radius 3 is 2.77 bits per heavy atom. The van der Waals surface area contributed by atoms with Crippen molar-refractivity contribution in [3.63, 3.8) is 0 Å². The van der Waals surface area contributed by atoms with Gasteiger partial charge < -0.3 is 11.1 Å². The zero-order valence-electron chi connectivity index (χ0n) is 11.6. The predicted molar refractivity (Wildman–Crippen MR) is 95.7 cm³/mol. The molecule has 9 heteroatoms. The molecule has 1 heterocycles. The third kappa shape index (κ3) is 6.43. The molecule has 0 spiro atoms. The van der Waals surface area contributed by atoms with Crippen molar-refractivity contribution in [3.8, 4) is 0 Å². The van der Waals surface area contributed by atoms with E-state index in [4.69, 9.17) is 17.3 Å².